The molecule has 4 aromatic rings. The van der Waals surface area contributed by atoms with Crippen LogP contribution in [-0.2, 0) is 21.3 Å². The molecule has 0 aliphatic heterocycles. The lowest BCUT2D eigenvalue weighted by Gasteiger charge is -2.28. The average molecular weight is 504 g/mol. The fourth-order valence-electron chi connectivity index (χ4n) is 3.94. The number of hydrogen-bond donors (Lipinski definition) is 0. The van der Waals surface area contributed by atoms with Gasteiger partial charge in [-0.15, -0.1) is 0 Å². The van der Waals surface area contributed by atoms with Gasteiger partial charge in [-0.3, -0.25) is 4.31 Å². The predicted octanol–water partition coefficient (Wildman–Crippen LogP) is 6.20. The quantitative estimate of drug-likeness (QED) is 0.281. The Kier molecular flexibility index (Phi) is 7.04. The zero-order valence-corrected chi connectivity index (χ0v) is 21.6. The van der Waals surface area contributed by atoms with Crippen LogP contribution in [0.2, 0.25) is 0 Å². The number of carbonyl (C=O) groups is 1. The molecule has 36 heavy (non-hydrogen) atoms. The summed E-state index contributed by atoms with van der Waals surface area (Å²) in [6, 6.07) is 26.3. The van der Waals surface area contributed by atoms with Crippen molar-refractivity contribution in [3.05, 3.63) is 102 Å². The van der Waals surface area contributed by atoms with Gasteiger partial charge < -0.3 is 9.47 Å². The van der Waals surface area contributed by atoms with Gasteiger partial charge >= 0.3 is 5.97 Å². The first-order valence-corrected chi connectivity index (χ1v) is 13.0. The molecule has 0 saturated heterocycles. The van der Waals surface area contributed by atoms with Crippen LogP contribution in [0.15, 0.2) is 95.9 Å². The number of ether oxygens (including phenoxy) is 2. The molecular formula is C29H29NO5S. The molecule has 0 aliphatic rings. The molecule has 0 atom stereocenters. The van der Waals surface area contributed by atoms with Crippen molar-refractivity contribution >= 4 is 32.5 Å². The second kappa shape index (κ2) is 10.0. The van der Waals surface area contributed by atoms with Gasteiger partial charge in [-0.1, -0.05) is 60.7 Å². The molecule has 7 heteroatoms. The third kappa shape index (κ3) is 5.36. The van der Waals surface area contributed by atoms with Crippen LogP contribution >= 0.6 is 0 Å². The Morgan fingerprint density at radius 2 is 1.47 bits per heavy atom. The van der Waals surface area contributed by atoms with Crippen molar-refractivity contribution in [2.75, 3.05) is 11.4 Å². The minimum atomic E-state index is -4.08. The number of esters is 1. The van der Waals surface area contributed by atoms with Crippen LogP contribution in [0, 0.1) is 0 Å². The van der Waals surface area contributed by atoms with E-state index in [4.69, 9.17) is 9.47 Å². The molecule has 0 N–H and O–H groups in total. The van der Waals surface area contributed by atoms with Crippen LogP contribution in [0.3, 0.4) is 0 Å². The standard InChI is InChI=1S/C29H29NO5S/c1-29(2,3)35-28(31)27-25-13-9-8-12-22(25)14-19-26(27)30(20-21-10-6-5-7-11-21)36(32,33)24-17-15-23(34-4)16-18-24/h5-19H,20H2,1-4H3. The van der Waals surface area contributed by atoms with Crippen molar-refractivity contribution in [1.82, 2.24) is 0 Å². The number of fused-ring (bicyclic) bond motifs is 1. The highest BCUT2D eigenvalue weighted by atomic mass is 32.2. The Hall–Kier alpha value is -3.84. The third-order valence-corrected chi connectivity index (χ3v) is 7.37. The summed E-state index contributed by atoms with van der Waals surface area (Å²) in [5.74, 6) is -0.0407. The number of methoxy groups -OCH3 is 1. The van der Waals surface area contributed by atoms with E-state index in [1.807, 2.05) is 54.6 Å². The van der Waals surface area contributed by atoms with E-state index in [9.17, 15) is 13.2 Å². The van der Waals surface area contributed by atoms with E-state index in [1.165, 1.54) is 23.5 Å². The Labute approximate surface area is 212 Å². The first kappa shape index (κ1) is 25.3. The predicted molar refractivity (Wildman–Crippen MR) is 142 cm³/mol. The molecule has 4 rings (SSSR count). The minimum absolute atomic E-state index is 0.0311. The second-order valence-corrected chi connectivity index (χ2v) is 11.2. The zero-order chi connectivity index (χ0) is 25.9. The second-order valence-electron chi connectivity index (χ2n) is 9.36. The molecule has 0 spiro atoms. The Bertz CT molecular complexity index is 1470. The van der Waals surface area contributed by atoms with Crippen LogP contribution in [0.1, 0.15) is 36.7 Å². The lowest BCUT2D eigenvalue weighted by molar-refractivity contribution is 0.00727. The van der Waals surface area contributed by atoms with Gasteiger partial charge in [-0.25, -0.2) is 13.2 Å². The number of rotatable bonds is 7. The summed E-state index contributed by atoms with van der Waals surface area (Å²) in [5, 5.41) is 1.43. The van der Waals surface area contributed by atoms with Crippen molar-refractivity contribution in [3.8, 4) is 5.75 Å². The topological polar surface area (TPSA) is 72.9 Å². The van der Waals surface area contributed by atoms with Crippen LogP contribution in [0.4, 0.5) is 5.69 Å². The Morgan fingerprint density at radius 1 is 0.833 bits per heavy atom. The summed E-state index contributed by atoms with van der Waals surface area (Å²) >= 11 is 0. The first-order chi connectivity index (χ1) is 17.1. The van der Waals surface area contributed by atoms with Crippen molar-refractivity contribution in [2.45, 2.75) is 37.8 Å². The van der Waals surface area contributed by atoms with E-state index in [-0.39, 0.29) is 22.7 Å². The molecule has 0 unspecified atom stereocenters. The van der Waals surface area contributed by atoms with Crippen LogP contribution in [0.5, 0.6) is 5.75 Å². The molecule has 6 nitrogen and oxygen atoms in total. The Morgan fingerprint density at radius 3 is 2.11 bits per heavy atom. The molecule has 0 bridgehead atoms. The first-order valence-electron chi connectivity index (χ1n) is 11.6. The molecule has 186 valence electrons. The number of benzene rings is 4. The molecular weight excluding hydrogens is 474 g/mol. The van der Waals surface area contributed by atoms with E-state index >= 15 is 0 Å². The van der Waals surface area contributed by atoms with Gasteiger partial charge in [0, 0.05) is 0 Å². The maximum absolute atomic E-state index is 14.1. The van der Waals surface area contributed by atoms with Gasteiger partial charge in [0.25, 0.3) is 10.0 Å². The molecule has 0 heterocycles. The van der Waals surface area contributed by atoms with E-state index in [0.717, 1.165) is 10.9 Å². The molecule has 0 amide bonds. The fourth-order valence-corrected chi connectivity index (χ4v) is 5.40. The van der Waals surface area contributed by atoms with Crippen molar-refractivity contribution < 1.29 is 22.7 Å². The summed E-state index contributed by atoms with van der Waals surface area (Å²) in [5.41, 5.74) is 0.473. The van der Waals surface area contributed by atoms with Gasteiger partial charge in [-0.2, -0.15) is 0 Å². The number of carbonyl (C=O) groups excluding carboxylic acids is 1. The smallest absolute Gasteiger partial charge is 0.341 e. The largest absolute Gasteiger partial charge is 0.497 e. The van der Waals surface area contributed by atoms with Gasteiger partial charge in [0.15, 0.2) is 0 Å². The summed E-state index contributed by atoms with van der Waals surface area (Å²) in [6.07, 6.45) is 0. The van der Waals surface area contributed by atoms with Gasteiger partial charge in [0.2, 0.25) is 0 Å². The molecule has 0 radical (unpaired) electrons. The summed E-state index contributed by atoms with van der Waals surface area (Å²) in [6.45, 7) is 5.38. The number of nitrogens with zero attached hydrogens (tertiary/aromatic N) is 1. The highest BCUT2D eigenvalue weighted by Gasteiger charge is 2.31. The van der Waals surface area contributed by atoms with E-state index in [0.29, 0.717) is 11.1 Å². The maximum Gasteiger partial charge on any atom is 0.341 e. The van der Waals surface area contributed by atoms with Crippen molar-refractivity contribution in [1.29, 1.82) is 0 Å². The molecule has 0 saturated carbocycles. The summed E-state index contributed by atoms with van der Waals surface area (Å²) in [4.78, 5) is 13.6. The summed E-state index contributed by atoms with van der Waals surface area (Å²) in [7, 11) is -2.55. The van der Waals surface area contributed by atoms with Gasteiger partial charge in [0.1, 0.15) is 11.4 Å². The van der Waals surface area contributed by atoms with E-state index in [1.54, 1.807) is 45.0 Å². The summed E-state index contributed by atoms with van der Waals surface area (Å²) < 4.78 is 40.3. The monoisotopic (exact) mass is 503 g/mol. The average Bonchev–Trinajstić information content (AvgIpc) is 2.86. The van der Waals surface area contributed by atoms with Gasteiger partial charge in [0.05, 0.1) is 29.8 Å². The Balaban J connectivity index is 1.96. The molecule has 4 aromatic carbocycles. The third-order valence-electron chi connectivity index (χ3n) is 5.60. The van der Waals surface area contributed by atoms with Gasteiger partial charge in [-0.05, 0) is 67.4 Å². The number of hydrogen-bond acceptors (Lipinski definition) is 5. The van der Waals surface area contributed by atoms with E-state index in [2.05, 4.69) is 0 Å². The van der Waals surface area contributed by atoms with Crippen molar-refractivity contribution in [2.24, 2.45) is 0 Å². The molecule has 0 fully saturated rings. The normalized spacial score (nSPS) is 11.8. The van der Waals surface area contributed by atoms with Crippen LogP contribution in [0.25, 0.3) is 10.8 Å². The van der Waals surface area contributed by atoms with Crippen LogP contribution < -0.4 is 9.04 Å². The highest BCUT2D eigenvalue weighted by molar-refractivity contribution is 7.92. The lowest BCUT2D eigenvalue weighted by atomic mass is 10.0. The van der Waals surface area contributed by atoms with Crippen molar-refractivity contribution in [3.63, 3.8) is 0 Å². The fraction of sp³-hybridized carbons (Fsp3) is 0.207. The van der Waals surface area contributed by atoms with Crippen LogP contribution in [-0.4, -0.2) is 27.1 Å². The number of sulfonamides is 1. The zero-order valence-electron chi connectivity index (χ0n) is 20.8. The number of anilines is 1. The maximum atomic E-state index is 14.1. The SMILES string of the molecule is COc1ccc(S(=O)(=O)N(Cc2ccccc2)c2ccc3ccccc3c2C(=O)OC(C)(C)C)cc1. The molecule has 0 aromatic heterocycles. The van der Waals surface area contributed by atoms with E-state index < -0.39 is 21.6 Å². The lowest BCUT2D eigenvalue weighted by Crippen LogP contribution is -2.33. The molecule has 0 aliphatic carbocycles. The highest BCUT2D eigenvalue weighted by Crippen LogP contribution is 2.35. The minimum Gasteiger partial charge on any atom is -0.497 e.